The van der Waals surface area contributed by atoms with Crippen LogP contribution in [-0.2, 0) is 13.1 Å². The van der Waals surface area contributed by atoms with Crippen LogP contribution in [0.15, 0.2) is 29.3 Å². The van der Waals surface area contributed by atoms with Crippen molar-refractivity contribution in [2.75, 3.05) is 18.8 Å². The Balaban J connectivity index is 0.00000140. The highest BCUT2D eigenvalue weighted by Gasteiger charge is 2.32. The summed E-state index contributed by atoms with van der Waals surface area (Å²) in [6.45, 7) is 2.61. The number of hydrogen-bond acceptors (Lipinski definition) is 4. The highest BCUT2D eigenvalue weighted by atomic mass is 35.5. The lowest BCUT2D eigenvalue weighted by Gasteiger charge is -2.37. The van der Waals surface area contributed by atoms with Gasteiger partial charge in [0.15, 0.2) is 0 Å². The molecule has 0 spiro atoms. The Kier molecular flexibility index (Phi) is 7.52. The number of thioether (sulfide) groups is 1. The molecule has 0 saturated carbocycles. The van der Waals surface area contributed by atoms with Crippen LogP contribution < -0.4 is 10.9 Å². The molecule has 1 fully saturated rings. The monoisotopic (exact) mass is 456 g/mol. The van der Waals surface area contributed by atoms with E-state index in [1.807, 2.05) is 10.6 Å². The number of hydrogen-bond donors (Lipinski definition) is 1. The molecule has 2 aromatic rings. The van der Waals surface area contributed by atoms with Gasteiger partial charge in [0.25, 0.3) is 5.56 Å². The molecule has 1 saturated heterocycles. The molecule has 2 aliphatic heterocycles. The van der Waals surface area contributed by atoms with Gasteiger partial charge >= 0.3 is 5.51 Å². The third-order valence-electron chi connectivity index (χ3n) is 5.06. The van der Waals surface area contributed by atoms with Gasteiger partial charge in [-0.05, 0) is 42.8 Å². The first-order chi connectivity index (χ1) is 12.4. The SMILES string of the molecule is Cl.Cl.O=c1c(-c2nccn2CCSC(F)(F)F)ccc2n1C[C@@H]1CNC[C@H]2C1. The quantitative estimate of drug-likeness (QED) is 0.764. The Labute approximate surface area is 176 Å². The van der Waals surface area contributed by atoms with Gasteiger partial charge in [0.2, 0.25) is 0 Å². The summed E-state index contributed by atoms with van der Waals surface area (Å²) in [5.74, 6) is 1.10. The first-order valence-corrected chi connectivity index (χ1v) is 9.57. The predicted octanol–water partition coefficient (Wildman–Crippen LogP) is 3.52. The van der Waals surface area contributed by atoms with Crippen LogP contribution in [0.2, 0.25) is 0 Å². The molecule has 2 atom stereocenters. The molecule has 0 aromatic carbocycles. The van der Waals surface area contributed by atoms with Crippen molar-refractivity contribution in [1.82, 2.24) is 19.4 Å². The summed E-state index contributed by atoms with van der Waals surface area (Å²) in [7, 11) is 0. The second-order valence-corrected chi connectivity index (χ2v) is 7.94. The molecule has 2 aromatic heterocycles. The van der Waals surface area contributed by atoms with Crippen molar-refractivity contribution in [1.29, 1.82) is 0 Å². The van der Waals surface area contributed by atoms with Gasteiger partial charge in [-0.1, -0.05) is 0 Å². The molecule has 2 bridgehead atoms. The molecular weight excluding hydrogens is 436 g/mol. The molecular formula is C17H21Cl2F3N4OS. The maximum Gasteiger partial charge on any atom is 0.441 e. The minimum Gasteiger partial charge on any atom is -0.330 e. The van der Waals surface area contributed by atoms with Gasteiger partial charge in [-0.15, -0.1) is 24.8 Å². The molecule has 4 heterocycles. The molecule has 1 N–H and O–H groups in total. The number of imidazole rings is 1. The molecule has 0 amide bonds. The Morgan fingerprint density at radius 1 is 1.25 bits per heavy atom. The Morgan fingerprint density at radius 3 is 2.79 bits per heavy atom. The van der Waals surface area contributed by atoms with Gasteiger partial charge in [-0.2, -0.15) is 13.2 Å². The Bertz CT molecular complexity index is 871. The lowest BCUT2D eigenvalue weighted by atomic mass is 9.84. The van der Waals surface area contributed by atoms with Gasteiger partial charge in [0.05, 0.1) is 5.56 Å². The van der Waals surface area contributed by atoms with Crippen LogP contribution in [0.1, 0.15) is 18.0 Å². The maximum atomic E-state index is 13.0. The average Bonchev–Trinajstić information content (AvgIpc) is 3.03. The van der Waals surface area contributed by atoms with Crippen molar-refractivity contribution in [3.8, 4) is 11.4 Å². The summed E-state index contributed by atoms with van der Waals surface area (Å²) in [5, 5.41) is 3.41. The summed E-state index contributed by atoms with van der Waals surface area (Å²) in [6, 6.07) is 3.73. The van der Waals surface area contributed by atoms with Crippen LogP contribution in [-0.4, -0.2) is 38.5 Å². The molecule has 28 heavy (non-hydrogen) atoms. The first-order valence-electron chi connectivity index (χ1n) is 8.59. The first kappa shape index (κ1) is 23.1. The van der Waals surface area contributed by atoms with Crippen molar-refractivity contribution < 1.29 is 13.2 Å². The van der Waals surface area contributed by atoms with E-state index in [-0.39, 0.29) is 54.4 Å². The highest BCUT2D eigenvalue weighted by Crippen LogP contribution is 2.33. The number of alkyl halides is 3. The number of nitrogens with zero attached hydrogens (tertiary/aromatic N) is 3. The van der Waals surface area contributed by atoms with Crippen molar-refractivity contribution in [2.24, 2.45) is 5.92 Å². The van der Waals surface area contributed by atoms with E-state index in [2.05, 4.69) is 10.3 Å². The molecule has 0 aliphatic carbocycles. The summed E-state index contributed by atoms with van der Waals surface area (Å²) in [6.07, 6.45) is 4.24. The number of rotatable bonds is 4. The second kappa shape index (κ2) is 9.11. The highest BCUT2D eigenvalue weighted by molar-refractivity contribution is 8.00. The van der Waals surface area contributed by atoms with E-state index in [0.717, 1.165) is 25.2 Å². The van der Waals surface area contributed by atoms with Crippen LogP contribution in [0.3, 0.4) is 0 Å². The molecule has 0 unspecified atom stereocenters. The summed E-state index contributed by atoms with van der Waals surface area (Å²) < 4.78 is 40.5. The second-order valence-electron chi connectivity index (χ2n) is 6.78. The van der Waals surface area contributed by atoms with Gasteiger partial charge < -0.3 is 14.5 Å². The third-order valence-corrected chi connectivity index (χ3v) is 5.78. The van der Waals surface area contributed by atoms with E-state index < -0.39 is 5.51 Å². The number of nitrogens with one attached hydrogen (secondary N) is 1. The predicted molar refractivity (Wildman–Crippen MR) is 109 cm³/mol. The lowest BCUT2D eigenvalue weighted by molar-refractivity contribution is -0.0328. The van der Waals surface area contributed by atoms with E-state index in [4.69, 9.17) is 0 Å². The largest absolute Gasteiger partial charge is 0.441 e. The van der Waals surface area contributed by atoms with Gasteiger partial charge in [0.1, 0.15) is 5.82 Å². The van der Waals surface area contributed by atoms with Gasteiger partial charge in [-0.25, -0.2) is 4.98 Å². The van der Waals surface area contributed by atoms with Crippen LogP contribution in [0, 0.1) is 5.92 Å². The fraction of sp³-hybridized carbons (Fsp3) is 0.529. The number of halogens is 5. The Morgan fingerprint density at radius 2 is 2.04 bits per heavy atom. The third kappa shape index (κ3) is 4.69. The zero-order chi connectivity index (χ0) is 18.3. The maximum absolute atomic E-state index is 13.0. The van der Waals surface area contributed by atoms with Crippen molar-refractivity contribution in [3.63, 3.8) is 0 Å². The van der Waals surface area contributed by atoms with Crippen molar-refractivity contribution in [2.45, 2.75) is 30.9 Å². The Hall–Kier alpha value is -1.16. The minimum absolute atomic E-state index is 0. The minimum atomic E-state index is -4.25. The van der Waals surface area contributed by atoms with E-state index in [1.54, 1.807) is 16.8 Å². The number of piperidine rings is 1. The van der Waals surface area contributed by atoms with Crippen LogP contribution in [0.4, 0.5) is 13.2 Å². The zero-order valence-corrected chi connectivity index (χ0v) is 17.3. The van der Waals surface area contributed by atoms with Crippen LogP contribution >= 0.6 is 36.6 Å². The topological polar surface area (TPSA) is 51.9 Å². The van der Waals surface area contributed by atoms with E-state index in [1.165, 1.54) is 6.20 Å². The number of aryl methyl sites for hydroxylation is 1. The zero-order valence-electron chi connectivity index (χ0n) is 14.8. The number of pyridine rings is 1. The molecule has 5 nitrogen and oxygen atoms in total. The lowest BCUT2D eigenvalue weighted by Crippen LogP contribution is -2.45. The number of fused-ring (bicyclic) bond motifs is 4. The fourth-order valence-corrected chi connectivity index (χ4v) is 4.47. The van der Waals surface area contributed by atoms with Crippen LogP contribution in [0.25, 0.3) is 11.4 Å². The average molecular weight is 457 g/mol. The smallest absolute Gasteiger partial charge is 0.330 e. The number of aromatic nitrogens is 3. The van der Waals surface area contributed by atoms with Gasteiger partial charge in [-0.3, -0.25) is 4.79 Å². The summed E-state index contributed by atoms with van der Waals surface area (Å²) in [4.78, 5) is 17.3. The molecule has 156 valence electrons. The van der Waals surface area contributed by atoms with Crippen LogP contribution in [0.5, 0.6) is 0 Å². The normalized spacial score (nSPS) is 20.7. The fourth-order valence-electron chi connectivity index (χ4n) is 3.95. The standard InChI is InChI=1S/C17H19F3N4OS.2ClH/c18-17(19,20)26-6-5-23-4-3-22-15(23)13-1-2-14-12-7-11(8-21-9-12)10-24(14)16(13)25;;/h1-4,11-12,21H,5-10H2;2*1H/t11-,12+;;/m0../s1. The van der Waals surface area contributed by atoms with E-state index >= 15 is 0 Å². The van der Waals surface area contributed by atoms with E-state index in [9.17, 15) is 18.0 Å². The van der Waals surface area contributed by atoms with E-state index in [0.29, 0.717) is 29.8 Å². The molecule has 0 radical (unpaired) electrons. The van der Waals surface area contributed by atoms with Gasteiger partial charge in [0, 0.05) is 49.4 Å². The molecule has 2 aliphatic rings. The summed E-state index contributed by atoms with van der Waals surface area (Å²) >= 11 is -0.0650. The van der Waals surface area contributed by atoms with Crippen molar-refractivity contribution >= 4 is 36.6 Å². The van der Waals surface area contributed by atoms with Crippen molar-refractivity contribution in [3.05, 3.63) is 40.6 Å². The molecule has 11 heteroatoms. The summed E-state index contributed by atoms with van der Waals surface area (Å²) in [5.41, 5.74) is -2.87. The molecule has 4 rings (SSSR count).